The Labute approximate surface area is 172 Å². The molecule has 1 aromatic rings. The number of halogens is 1. The Morgan fingerprint density at radius 1 is 1.24 bits per heavy atom. The van der Waals surface area contributed by atoms with Crippen LogP contribution < -0.4 is 5.32 Å². The second kappa shape index (κ2) is 10.7. The molecule has 0 aliphatic carbocycles. The van der Waals surface area contributed by atoms with Crippen LogP contribution in [0, 0.1) is 0 Å². The number of thiophene rings is 1. The molecular weight excluding hydrogens is 449 g/mol. The quantitative estimate of drug-likeness (QED) is 0.400. The van der Waals surface area contributed by atoms with Gasteiger partial charge in [0.25, 0.3) is 0 Å². The van der Waals surface area contributed by atoms with Crippen molar-refractivity contribution in [2.24, 2.45) is 4.99 Å². The fourth-order valence-electron chi connectivity index (χ4n) is 3.26. The predicted octanol–water partition coefficient (Wildman–Crippen LogP) is 3.27. The van der Waals surface area contributed by atoms with Crippen LogP contribution in [0.25, 0.3) is 0 Å². The highest BCUT2D eigenvalue weighted by Gasteiger charge is 2.32. The molecule has 1 N–H and O–H groups in total. The molecule has 0 aromatic carbocycles. The highest BCUT2D eigenvalue weighted by atomic mass is 127. The van der Waals surface area contributed by atoms with Gasteiger partial charge in [-0.3, -0.25) is 0 Å². The van der Waals surface area contributed by atoms with Gasteiger partial charge in [-0.05, 0) is 38.3 Å². The summed E-state index contributed by atoms with van der Waals surface area (Å²) in [7, 11) is 0. The molecule has 3 heterocycles. The fraction of sp³-hybridized carbons (Fsp3) is 0.722. The minimum absolute atomic E-state index is 0. The van der Waals surface area contributed by atoms with Crippen molar-refractivity contribution in [3.63, 3.8) is 0 Å². The minimum atomic E-state index is 0. The molecule has 1 aromatic heterocycles. The number of rotatable bonds is 5. The van der Waals surface area contributed by atoms with E-state index in [2.05, 4.69) is 36.2 Å². The van der Waals surface area contributed by atoms with Crippen molar-refractivity contribution >= 4 is 41.3 Å². The molecule has 0 radical (unpaired) electrons. The third kappa shape index (κ3) is 5.80. The highest BCUT2D eigenvalue weighted by Crippen LogP contribution is 2.21. The third-order valence-electron chi connectivity index (χ3n) is 4.56. The summed E-state index contributed by atoms with van der Waals surface area (Å²) < 4.78 is 11.8. The number of nitrogens with one attached hydrogen (secondary N) is 1. The predicted molar refractivity (Wildman–Crippen MR) is 114 cm³/mol. The van der Waals surface area contributed by atoms with Crippen molar-refractivity contribution in [2.75, 3.05) is 32.8 Å². The summed E-state index contributed by atoms with van der Waals surface area (Å²) in [5.41, 5.74) is 0. The van der Waals surface area contributed by atoms with Crippen molar-refractivity contribution in [1.29, 1.82) is 0 Å². The van der Waals surface area contributed by atoms with Crippen LogP contribution in [0.4, 0.5) is 0 Å². The molecule has 7 heteroatoms. The number of hydrogen-bond donors (Lipinski definition) is 1. The Kier molecular flexibility index (Phi) is 8.95. The van der Waals surface area contributed by atoms with Gasteiger partial charge >= 0.3 is 0 Å². The monoisotopic (exact) mass is 479 g/mol. The van der Waals surface area contributed by atoms with Crippen molar-refractivity contribution < 1.29 is 9.47 Å². The van der Waals surface area contributed by atoms with E-state index in [1.807, 2.05) is 11.3 Å². The van der Waals surface area contributed by atoms with E-state index in [1.54, 1.807) is 0 Å². The molecule has 0 bridgehead atoms. The molecule has 0 amide bonds. The Morgan fingerprint density at radius 2 is 2.04 bits per heavy atom. The molecular formula is C18H30IN3O2S. The lowest BCUT2D eigenvalue weighted by atomic mass is 10.1. The van der Waals surface area contributed by atoms with E-state index in [9.17, 15) is 0 Å². The standard InChI is InChI=1S/C18H29N3O2S.HI/c1-3-14-7-8-15(24-14)12-20-18(19-4-2)21-9-11-23-17(13-21)16-6-5-10-22-16;/h7-8,16-17H,3-6,9-13H2,1-2H3,(H,19,20);1H. The molecule has 2 saturated heterocycles. The first kappa shape index (κ1) is 20.9. The summed E-state index contributed by atoms with van der Waals surface area (Å²) in [5.74, 6) is 0.996. The molecule has 2 aliphatic heterocycles. The van der Waals surface area contributed by atoms with E-state index < -0.39 is 0 Å². The summed E-state index contributed by atoms with van der Waals surface area (Å²) in [6.07, 6.45) is 3.78. The van der Waals surface area contributed by atoms with Gasteiger partial charge in [-0.25, -0.2) is 4.99 Å². The van der Waals surface area contributed by atoms with Crippen molar-refractivity contribution in [3.05, 3.63) is 21.9 Å². The van der Waals surface area contributed by atoms with E-state index in [-0.39, 0.29) is 36.2 Å². The minimum Gasteiger partial charge on any atom is -0.375 e. The summed E-state index contributed by atoms with van der Waals surface area (Å²) in [5, 5.41) is 3.44. The van der Waals surface area contributed by atoms with Crippen LogP contribution in [0.1, 0.15) is 36.4 Å². The lowest BCUT2D eigenvalue weighted by molar-refractivity contribution is -0.0817. The number of aryl methyl sites for hydroxylation is 1. The maximum atomic E-state index is 5.95. The van der Waals surface area contributed by atoms with Crippen molar-refractivity contribution in [3.8, 4) is 0 Å². The first-order valence-corrected chi connectivity index (χ1v) is 9.95. The van der Waals surface area contributed by atoms with Gasteiger partial charge in [0.2, 0.25) is 0 Å². The van der Waals surface area contributed by atoms with Gasteiger partial charge in [-0.15, -0.1) is 35.3 Å². The average molecular weight is 479 g/mol. The number of aliphatic imine (C=N–C) groups is 1. The molecule has 25 heavy (non-hydrogen) atoms. The van der Waals surface area contributed by atoms with Crippen LogP contribution in [0.15, 0.2) is 17.1 Å². The first-order chi connectivity index (χ1) is 11.8. The van der Waals surface area contributed by atoms with Gasteiger partial charge in [0.15, 0.2) is 5.96 Å². The molecule has 2 fully saturated rings. The number of guanidine groups is 1. The largest absolute Gasteiger partial charge is 0.375 e. The molecule has 5 nitrogen and oxygen atoms in total. The third-order valence-corrected chi connectivity index (χ3v) is 5.77. The summed E-state index contributed by atoms with van der Waals surface area (Å²) in [6.45, 7) is 9.31. The second-order valence-corrected chi connectivity index (χ2v) is 7.55. The van der Waals surface area contributed by atoms with E-state index in [4.69, 9.17) is 14.5 Å². The maximum Gasteiger partial charge on any atom is 0.194 e. The second-order valence-electron chi connectivity index (χ2n) is 6.30. The zero-order valence-corrected chi connectivity index (χ0v) is 18.3. The lowest BCUT2D eigenvalue weighted by Gasteiger charge is -2.37. The molecule has 2 atom stereocenters. The van der Waals surface area contributed by atoms with Gasteiger partial charge in [-0.1, -0.05) is 6.92 Å². The molecule has 3 rings (SSSR count). The summed E-state index contributed by atoms with van der Waals surface area (Å²) in [6, 6.07) is 4.41. The van der Waals surface area contributed by atoms with Gasteiger partial charge in [0.05, 0.1) is 19.3 Å². The van der Waals surface area contributed by atoms with Crippen LogP contribution in [0.5, 0.6) is 0 Å². The molecule has 142 valence electrons. The van der Waals surface area contributed by atoms with Gasteiger partial charge in [0, 0.05) is 36.0 Å². The van der Waals surface area contributed by atoms with E-state index >= 15 is 0 Å². The summed E-state index contributed by atoms with van der Waals surface area (Å²) >= 11 is 1.86. The fourth-order valence-corrected chi connectivity index (χ4v) is 4.15. The van der Waals surface area contributed by atoms with Gasteiger partial charge in [0.1, 0.15) is 6.10 Å². The van der Waals surface area contributed by atoms with Gasteiger partial charge < -0.3 is 19.7 Å². The van der Waals surface area contributed by atoms with Crippen molar-refractivity contribution in [1.82, 2.24) is 10.2 Å². The van der Waals surface area contributed by atoms with Crippen molar-refractivity contribution in [2.45, 2.75) is 51.9 Å². The molecule has 0 saturated carbocycles. The Bertz CT molecular complexity index is 546. The summed E-state index contributed by atoms with van der Waals surface area (Å²) in [4.78, 5) is 9.94. The Hall–Kier alpha value is -0.380. The van der Waals surface area contributed by atoms with Crippen LogP contribution >= 0.6 is 35.3 Å². The molecule has 2 aliphatic rings. The molecule has 0 spiro atoms. The van der Waals surface area contributed by atoms with E-state index in [0.29, 0.717) is 0 Å². The number of nitrogens with zero attached hydrogens (tertiary/aromatic N) is 2. The lowest BCUT2D eigenvalue weighted by Crippen LogP contribution is -2.53. The highest BCUT2D eigenvalue weighted by molar-refractivity contribution is 14.0. The topological polar surface area (TPSA) is 46.1 Å². The van der Waals surface area contributed by atoms with E-state index in [0.717, 1.165) is 64.6 Å². The normalized spacial score (nSPS) is 24.2. The van der Waals surface area contributed by atoms with Crippen LogP contribution in [-0.2, 0) is 22.4 Å². The number of hydrogen-bond acceptors (Lipinski definition) is 4. The van der Waals surface area contributed by atoms with Crippen LogP contribution in [0.3, 0.4) is 0 Å². The zero-order valence-electron chi connectivity index (χ0n) is 15.2. The Balaban J connectivity index is 0.00000225. The zero-order chi connectivity index (χ0) is 16.8. The maximum absolute atomic E-state index is 5.95. The number of morpholine rings is 1. The first-order valence-electron chi connectivity index (χ1n) is 9.14. The Morgan fingerprint density at radius 3 is 2.72 bits per heavy atom. The van der Waals surface area contributed by atoms with Crippen LogP contribution in [-0.4, -0.2) is 55.9 Å². The SMILES string of the molecule is CCNC(=NCc1ccc(CC)s1)N1CCOC(C2CCCO2)C1.I. The smallest absolute Gasteiger partial charge is 0.194 e. The van der Waals surface area contributed by atoms with E-state index in [1.165, 1.54) is 9.75 Å². The molecule has 2 unspecified atom stereocenters. The number of ether oxygens (including phenoxy) is 2. The average Bonchev–Trinajstić information content (AvgIpc) is 3.30. The van der Waals surface area contributed by atoms with Crippen LogP contribution in [0.2, 0.25) is 0 Å². The van der Waals surface area contributed by atoms with Gasteiger partial charge in [-0.2, -0.15) is 0 Å².